The molecule has 5 nitrogen and oxygen atoms in total. The van der Waals surface area contributed by atoms with Crippen LogP contribution in [0.2, 0.25) is 0 Å². The van der Waals surface area contributed by atoms with E-state index in [-0.39, 0.29) is 54.7 Å². The molecule has 1 amide bonds. The molecule has 2 aliphatic heterocycles. The van der Waals surface area contributed by atoms with Crippen LogP contribution in [-0.2, 0) is 10.3 Å². The van der Waals surface area contributed by atoms with Crippen molar-refractivity contribution in [2.24, 2.45) is 0 Å². The predicted octanol–water partition coefficient (Wildman–Crippen LogP) is 5.46. The Labute approximate surface area is 203 Å². The summed E-state index contributed by atoms with van der Waals surface area (Å²) in [5, 5.41) is 20.4. The molecular formula is C29H25FN2O3. The average Bonchev–Trinajstić information content (AvgIpc) is 3.34. The fourth-order valence-electron chi connectivity index (χ4n) is 6.37. The van der Waals surface area contributed by atoms with Crippen LogP contribution in [0.5, 0.6) is 0 Å². The molecule has 2 bridgehead atoms. The maximum atomic E-state index is 14.7. The van der Waals surface area contributed by atoms with Crippen molar-refractivity contribution < 1.29 is 19.0 Å². The third kappa shape index (κ3) is 3.50. The Balaban J connectivity index is 1.19. The van der Waals surface area contributed by atoms with Crippen LogP contribution in [0.25, 0.3) is 11.1 Å². The number of benzene rings is 3. The lowest BCUT2D eigenvalue weighted by molar-refractivity contribution is -0.0551. The Morgan fingerprint density at radius 2 is 1.63 bits per heavy atom. The number of carbonyl (C=O) groups excluding carboxylic acids is 1. The fourth-order valence-corrected chi connectivity index (χ4v) is 6.37. The molecule has 3 aromatic rings. The van der Waals surface area contributed by atoms with E-state index >= 15 is 0 Å². The van der Waals surface area contributed by atoms with Gasteiger partial charge in [0.2, 0.25) is 0 Å². The summed E-state index contributed by atoms with van der Waals surface area (Å²) in [7, 11) is 0. The molecule has 2 atom stereocenters. The van der Waals surface area contributed by atoms with Gasteiger partial charge < -0.3 is 14.7 Å². The van der Waals surface area contributed by atoms with Crippen molar-refractivity contribution in [1.29, 1.82) is 5.26 Å². The molecule has 6 heteroatoms. The molecule has 0 aromatic heterocycles. The summed E-state index contributed by atoms with van der Waals surface area (Å²) < 4.78 is 20.6. The van der Waals surface area contributed by atoms with Crippen LogP contribution in [0, 0.1) is 17.1 Å². The van der Waals surface area contributed by atoms with Gasteiger partial charge in [-0.2, -0.15) is 5.26 Å². The van der Waals surface area contributed by atoms with Crippen LogP contribution < -0.4 is 0 Å². The zero-order valence-electron chi connectivity index (χ0n) is 19.2. The Morgan fingerprint density at radius 1 is 1.03 bits per heavy atom. The zero-order chi connectivity index (χ0) is 24.2. The van der Waals surface area contributed by atoms with Crippen molar-refractivity contribution in [1.82, 2.24) is 4.90 Å². The van der Waals surface area contributed by atoms with Crippen LogP contribution in [0.3, 0.4) is 0 Å². The minimum Gasteiger partial charge on any atom is -0.448 e. The van der Waals surface area contributed by atoms with E-state index in [0.717, 1.165) is 30.0 Å². The van der Waals surface area contributed by atoms with Crippen LogP contribution in [0.4, 0.5) is 9.18 Å². The first-order chi connectivity index (χ1) is 17.0. The average molecular weight is 469 g/mol. The first kappa shape index (κ1) is 21.8. The lowest BCUT2D eigenvalue weighted by atomic mass is 9.80. The number of piperidine rings is 1. The second-order valence-corrected chi connectivity index (χ2v) is 9.84. The van der Waals surface area contributed by atoms with E-state index < -0.39 is 11.4 Å². The van der Waals surface area contributed by atoms with Gasteiger partial charge >= 0.3 is 6.09 Å². The van der Waals surface area contributed by atoms with E-state index in [1.54, 1.807) is 4.90 Å². The molecule has 2 fully saturated rings. The minimum absolute atomic E-state index is 0.0153. The van der Waals surface area contributed by atoms with Crippen LogP contribution in [-0.4, -0.2) is 34.8 Å². The number of hydrogen-bond acceptors (Lipinski definition) is 4. The number of carbonyl (C=O) groups is 1. The van der Waals surface area contributed by atoms with Crippen molar-refractivity contribution in [2.45, 2.75) is 49.3 Å². The van der Waals surface area contributed by atoms with Gasteiger partial charge in [-0.1, -0.05) is 54.6 Å². The Kier molecular flexibility index (Phi) is 5.12. The van der Waals surface area contributed by atoms with Crippen LogP contribution in [0.15, 0.2) is 66.7 Å². The molecule has 3 aromatic carbocycles. The second-order valence-electron chi connectivity index (χ2n) is 9.84. The number of rotatable bonds is 3. The molecule has 6 rings (SSSR count). The molecule has 1 aliphatic carbocycles. The molecule has 0 saturated carbocycles. The third-order valence-electron chi connectivity index (χ3n) is 7.91. The van der Waals surface area contributed by atoms with Gasteiger partial charge in [0.05, 0.1) is 17.2 Å². The number of aliphatic hydroxyl groups is 1. The molecule has 2 unspecified atom stereocenters. The smallest absolute Gasteiger partial charge is 0.410 e. The summed E-state index contributed by atoms with van der Waals surface area (Å²) in [4.78, 5) is 15.0. The topological polar surface area (TPSA) is 73.6 Å². The molecule has 2 heterocycles. The standard InChI is InChI=1S/C29H25FN2O3/c30-27-13-18(16-31)9-12-26(27)29(34)14-19-10-11-20(15-29)32(19)28(33)35-17-25-23-7-3-1-5-21(23)22-6-2-4-8-24(22)25/h1-9,12-13,19-20,25,34H,10-11,14-15,17H2. The van der Waals surface area contributed by atoms with Crippen LogP contribution >= 0.6 is 0 Å². The first-order valence-corrected chi connectivity index (χ1v) is 12.0. The monoisotopic (exact) mass is 468 g/mol. The van der Waals surface area contributed by atoms with E-state index in [1.165, 1.54) is 23.3 Å². The Morgan fingerprint density at radius 3 is 2.20 bits per heavy atom. The molecular weight excluding hydrogens is 443 g/mol. The summed E-state index contributed by atoms with van der Waals surface area (Å²) in [5.74, 6) is -0.598. The van der Waals surface area contributed by atoms with E-state index in [9.17, 15) is 14.3 Å². The van der Waals surface area contributed by atoms with Gasteiger partial charge in [-0.15, -0.1) is 0 Å². The lowest BCUT2D eigenvalue weighted by Gasteiger charge is -2.43. The zero-order valence-corrected chi connectivity index (χ0v) is 19.2. The fraction of sp³-hybridized carbons (Fsp3) is 0.310. The number of amides is 1. The van der Waals surface area contributed by atoms with Gasteiger partial charge in [0.15, 0.2) is 0 Å². The minimum atomic E-state index is -1.37. The largest absolute Gasteiger partial charge is 0.448 e. The van der Waals surface area contributed by atoms with Crippen molar-refractivity contribution in [3.63, 3.8) is 0 Å². The molecule has 3 aliphatic rings. The summed E-state index contributed by atoms with van der Waals surface area (Å²) in [6.07, 6.45) is 1.61. The summed E-state index contributed by atoms with van der Waals surface area (Å²) in [6, 6.07) is 22.1. The molecule has 2 saturated heterocycles. The number of fused-ring (bicyclic) bond motifs is 5. The molecule has 0 spiro atoms. The molecule has 35 heavy (non-hydrogen) atoms. The maximum absolute atomic E-state index is 14.7. The lowest BCUT2D eigenvalue weighted by Crippen LogP contribution is -2.52. The molecule has 176 valence electrons. The van der Waals surface area contributed by atoms with Crippen molar-refractivity contribution in [2.75, 3.05) is 6.61 Å². The predicted molar refractivity (Wildman–Crippen MR) is 128 cm³/mol. The van der Waals surface area contributed by atoms with Crippen molar-refractivity contribution >= 4 is 6.09 Å². The highest BCUT2D eigenvalue weighted by Crippen LogP contribution is 2.48. The summed E-state index contributed by atoms with van der Waals surface area (Å²) in [5.41, 5.74) is 3.72. The number of hydrogen-bond donors (Lipinski definition) is 1. The highest BCUT2D eigenvalue weighted by Gasteiger charge is 2.51. The van der Waals surface area contributed by atoms with E-state index in [4.69, 9.17) is 10.00 Å². The van der Waals surface area contributed by atoms with Gasteiger partial charge in [-0.3, -0.25) is 0 Å². The second kappa shape index (κ2) is 8.21. The maximum Gasteiger partial charge on any atom is 0.410 e. The highest BCUT2D eigenvalue weighted by molar-refractivity contribution is 5.79. The normalized spacial score (nSPS) is 24.5. The number of halogens is 1. The van der Waals surface area contributed by atoms with Gasteiger partial charge in [0.25, 0.3) is 0 Å². The van der Waals surface area contributed by atoms with E-state index in [0.29, 0.717) is 0 Å². The SMILES string of the molecule is N#Cc1ccc(C2(O)CC3CCC(C2)N3C(=O)OCC2c3ccccc3-c3ccccc32)c(F)c1. The highest BCUT2D eigenvalue weighted by atomic mass is 19.1. The van der Waals surface area contributed by atoms with Gasteiger partial charge in [0.1, 0.15) is 12.4 Å². The van der Waals surface area contributed by atoms with Gasteiger partial charge in [-0.05, 0) is 47.2 Å². The number of nitrogens with zero attached hydrogens (tertiary/aromatic N) is 2. The third-order valence-corrected chi connectivity index (χ3v) is 7.91. The number of ether oxygens (including phenoxy) is 1. The van der Waals surface area contributed by atoms with Crippen LogP contribution in [0.1, 0.15) is 53.9 Å². The van der Waals surface area contributed by atoms with Crippen molar-refractivity contribution in [3.05, 3.63) is 94.8 Å². The van der Waals surface area contributed by atoms with E-state index in [2.05, 4.69) is 24.3 Å². The number of nitriles is 1. The summed E-state index contributed by atoms with van der Waals surface area (Å²) in [6.45, 7) is 0.247. The quantitative estimate of drug-likeness (QED) is 0.554. The Bertz CT molecular complexity index is 1300. The molecule has 1 N–H and O–H groups in total. The van der Waals surface area contributed by atoms with E-state index in [1.807, 2.05) is 30.3 Å². The Hall–Kier alpha value is -3.69. The van der Waals surface area contributed by atoms with Crippen molar-refractivity contribution in [3.8, 4) is 17.2 Å². The van der Waals surface area contributed by atoms with Gasteiger partial charge in [-0.25, -0.2) is 9.18 Å². The summed E-state index contributed by atoms with van der Waals surface area (Å²) >= 11 is 0. The molecule has 0 radical (unpaired) electrons. The van der Waals surface area contributed by atoms with Gasteiger partial charge in [0, 0.05) is 36.4 Å². The first-order valence-electron chi connectivity index (χ1n) is 12.0.